The lowest BCUT2D eigenvalue weighted by Crippen LogP contribution is -2.55. The van der Waals surface area contributed by atoms with Gasteiger partial charge in [0.15, 0.2) is 5.79 Å². The van der Waals surface area contributed by atoms with Crippen molar-refractivity contribution in [3.63, 3.8) is 0 Å². The normalized spacial score (nSPS) is 33.6. The van der Waals surface area contributed by atoms with Crippen LogP contribution in [-0.2, 0) is 19.0 Å². The summed E-state index contributed by atoms with van der Waals surface area (Å²) in [5, 5.41) is 0. The maximum atomic E-state index is 11.1. The van der Waals surface area contributed by atoms with E-state index in [2.05, 4.69) is 13.8 Å². The summed E-state index contributed by atoms with van der Waals surface area (Å²) in [5.74, 6) is 2.26. The van der Waals surface area contributed by atoms with Crippen LogP contribution in [0.3, 0.4) is 0 Å². The third-order valence-corrected chi connectivity index (χ3v) is 7.61. The number of rotatable bonds is 5. The Morgan fingerprint density at radius 2 is 1.95 bits per heavy atom. The van der Waals surface area contributed by atoms with E-state index < -0.39 is 5.79 Å². The molecule has 0 saturated carbocycles. The summed E-state index contributed by atoms with van der Waals surface area (Å²) in [7, 11) is 0. The van der Waals surface area contributed by atoms with Gasteiger partial charge < -0.3 is 14.2 Å². The van der Waals surface area contributed by atoms with Crippen LogP contribution in [0.2, 0.25) is 0 Å². The third kappa shape index (κ3) is 4.56. The van der Waals surface area contributed by atoms with Crippen LogP contribution in [0.25, 0.3) is 0 Å². The van der Waals surface area contributed by atoms with Crippen molar-refractivity contribution in [2.24, 2.45) is 11.8 Å². The molecule has 0 radical (unpaired) electrons. The average molecular weight is 349 g/mol. The molecule has 0 bridgehead atoms. The summed E-state index contributed by atoms with van der Waals surface area (Å²) >= 11 is 4.09. The summed E-state index contributed by atoms with van der Waals surface area (Å²) in [6.07, 6.45) is 1.12. The number of carbonyl (C=O) groups is 1. The maximum absolute atomic E-state index is 11.1. The molecule has 2 aliphatic heterocycles. The van der Waals surface area contributed by atoms with Crippen molar-refractivity contribution in [1.82, 2.24) is 0 Å². The molecular formula is C16H28O4S2. The second kappa shape index (κ2) is 7.77. The first-order chi connectivity index (χ1) is 10.3. The standard InChI is InChI=1S/C16H28O4S2/c1-6-12(15-21-7-8-22-15)14-10(2)13(9-18-11(3)17)19-16(4,5)20-14/h10,12-15H,6-9H2,1-5H3/t10-,12-,13-,14-/m0/s1. The van der Waals surface area contributed by atoms with Gasteiger partial charge in [0.05, 0.1) is 10.7 Å². The summed E-state index contributed by atoms with van der Waals surface area (Å²) in [6.45, 7) is 10.0. The number of thioether (sulfide) groups is 2. The van der Waals surface area contributed by atoms with Crippen molar-refractivity contribution in [2.75, 3.05) is 18.1 Å². The van der Waals surface area contributed by atoms with E-state index in [0.717, 1.165) is 6.42 Å². The highest BCUT2D eigenvalue weighted by molar-refractivity contribution is 8.20. The number of hydrogen-bond acceptors (Lipinski definition) is 6. The Morgan fingerprint density at radius 3 is 2.50 bits per heavy atom. The van der Waals surface area contributed by atoms with Crippen LogP contribution >= 0.6 is 23.5 Å². The number of carbonyl (C=O) groups excluding carboxylic acids is 1. The first kappa shape index (κ1) is 18.4. The van der Waals surface area contributed by atoms with Gasteiger partial charge in [0.2, 0.25) is 0 Å². The number of ether oxygens (including phenoxy) is 3. The van der Waals surface area contributed by atoms with Crippen LogP contribution in [0.1, 0.15) is 41.0 Å². The van der Waals surface area contributed by atoms with E-state index in [1.165, 1.54) is 18.4 Å². The Morgan fingerprint density at radius 1 is 1.32 bits per heavy atom. The lowest BCUT2D eigenvalue weighted by molar-refractivity contribution is -0.331. The fourth-order valence-electron chi connectivity index (χ4n) is 3.21. The van der Waals surface area contributed by atoms with Gasteiger partial charge in [-0.2, -0.15) is 0 Å². The molecule has 6 heteroatoms. The molecule has 2 rings (SSSR count). The molecule has 0 aromatic heterocycles. The molecule has 0 spiro atoms. The van der Waals surface area contributed by atoms with Gasteiger partial charge in [0.1, 0.15) is 12.7 Å². The van der Waals surface area contributed by atoms with Crippen LogP contribution in [0.4, 0.5) is 0 Å². The zero-order valence-electron chi connectivity index (χ0n) is 14.2. The molecular weight excluding hydrogens is 320 g/mol. The smallest absolute Gasteiger partial charge is 0.302 e. The Kier molecular flexibility index (Phi) is 6.51. The van der Waals surface area contributed by atoms with Crippen LogP contribution in [0.15, 0.2) is 0 Å². The highest BCUT2D eigenvalue weighted by Crippen LogP contribution is 2.45. The second-order valence-corrected chi connectivity index (χ2v) is 9.28. The monoisotopic (exact) mass is 348 g/mol. The summed E-state index contributed by atoms with van der Waals surface area (Å²) in [4.78, 5) is 11.1. The van der Waals surface area contributed by atoms with Gasteiger partial charge in [-0.3, -0.25) is 4.79 Å². The predicted molar refractivity (Wildman–Crippen MR) is 92.1 cm³/mol. The van der Waals surface area contributed by atoms with E-state index in [1.807, 2.05) is 37.4 Å². The van der Waals surface area contributed by atoms with Gasteiger partial charge in [0, 0.05) is 30.3 Å². The van der Waals surface area contributed by atoms with Crippen molar-refractivity contribution in [3.05, 3.63) is 0 Å². The van der Waals surface area contributed by atoms with Crippen LogP contribution in [0.5, 0.6) is 0 Å². The third-order valence-electron chi connectivity index (χ3n) is 4.30. The number of esters is 1. The minimum Gasteiger partial charge on any atom is -0.463 e. The quantitative estimate of drug-likeness (QED) is 0.708. The molecule has 4 nitrogen and oxygen atoms in total. The lowest BCUT2D eigenvalue weighted by atomic mass is 9.86. The summed E-state index contributed by atoms with van der Waals surface area (Å²) < 4.78 is 18.1. The van der Waals surface area contributed by atoms with Gasteiger partial charge in [0.25, 0.3) is 0 Å². The van der Waals surface area contributed by atoms with Gasteiger partial charge >= 0.3 is 5.97 Å². The van der Waals surface area contributed by atoms with E-state index in [4.69, 9.17) is 14.2 Å². The van der Waals surface area contributed by atoms with E-state index in [0.29, 0.717) is 17.1 Å². The molecule has 0 amide bonds. The lowest BCUT2D eigenvalue weighted by Gasteiger charge is -2.48. The zero-order valence-corrected chi connectivity index (χ0v) is 15.8. The second-order valence-electron chi connectivity index (χ2n) is 6.48. The zero-order chi connectivity index (χ0) is 16.3. The minimum atomic E-state index is -0.636. The van der Waals surface area contributed by atoms with E-state index in [1.54, 1.807) is 0 Å². The van der Waals surface area contributed by atoms with Crippen LogP contribution in [-0.4, -0.2) is 46.7 Å². The molecule has 2 saturated heterocycles. The SMILES string of the molecule is CC[C@H](C1SCCS1)[C@H]1OC(C)(C)O[C@@H](COC(C)=O)[C@@H]1C. The van der Waals surface area contributed by atoms with Crippen molar-refractivity contribution >= 4 is 29.5 Å². The van der Waals surface area contributed by atoms with Gasteiger partial charge in [-0.15, -0.1) is 23.5 Å². The Balaban J connectivity index is 2.11. The summed E-state index contributed by atoms with van der Waals surface area (Å²) in [5.41, 5.74) is 0. The highest BCUT2D eigenvalue weighted by Gasteiger charge is 2.46. The minimum absolute atomic E-state index is 0.108. The van der Waals surface area contributed by atoms with Crippen LogP contribution in [0, 0.1) is 11.8 Å². The molecule has 0 aliphatic carbocycles. The first-order valence-corrected chi connectivity index (χ1v) is 10.2. The van der Waals surface area contributed by atoms with E-state index >= 15 is 0 Å². The Labute approximate surface area is 142 Å². The molecule has 0 aromatic rings. The number of hydrogen-bond donors (Lipinski definition) is 0. The highest BCUT2D eigenvalue weighted by atomic mass is 32.2. The molecule has 4 atom stereocenters. The van der Waals surface area contributed by atoms with Crippen molar-refractivity contribution in [1.29, 1.82) is 0 Å². The van der Waals surface area contributed by atoms with E-state index in [9.17, 15) is 4.79 Å². The molecule has 128 valence electrons. The molecule has 2 fully saturated rings. The van der Waals surface area contributed by atoms with E-state index in [-0.39, 0.29) is 24.1 Å². The maximum Gasteiger partial charge on any atom is 0.302 e. The average Bonchev–Trinajstić information content (AvgIpc) is 2.95. The van der Waals surface area contributed by atoms with Crippen LogP contribution < -0.4 is 0 Å². The van der Waals surface area contributed by atoms with Crippen molar-refractivity contribution in [3.8, 4) is 0 Å². The Hall–Kier alpha value is 0.0900. The molecule has 2 aliphatic rings. The molecule has 0 aromatic carbocycles. The first-order valence-electron chi connectivity index (χ1n) is 8.06. The summed E-state index contributed by atoms with van der Waals surface area (Å²) in [6, 6.07) is 0. The van der Waals surface area contributed by atoms with Crippen molar-refractivity contribution < 1.29 is 19.0 Å². The molecule has 2 heterocycles. The molecule has 0 N–H and O–H groups in total. The largest absolute Gasteiger partial charge is 0.463 e. The fraction of sp³-hybridized carbons (Fsp3) is 0.938. The van der Waals surface area contributed by atoms with Gasteiger partial charge in [-0.25, -0.2) is 0 Å². The van der Waals surface area contributed by atoms with Gasteiger partial charge in [-0.1, -0.05) is 13.8 Å². The Bertz CT molecular complexity index is 382. The molecule has 0 unspecified atom stereocenters. The molecule has 22 heavy (non-hydrogen) atoms. The predicted octanol–water partition coefficient (Wildman–Crippen LogP) is 3.54. The topological polar surface area (TPSA) is 44.8 Å². The fourth-order valence-corrected chi connectivity index (χ4v) is 6.60. The van der Waals surface area contributed by atoms with Gasteiger partial charge in [-0.05, 0) is 20.3 Å². The van der Waals surface area contributed by atoms with Crippen molar-refractivity contribution in [2.45, 2.75) is 63.6 Å².